The van der Waals surface area contributed by atoms with Crippen LogP contribution in [0.3, 0.4) is 0 Å². The highest BCUT2D eigenvalue weighted by Crippen LogP contribution is 2.29. The van der Waals surface area contributed by atoms with Gasteiger partial charge in [-0.2, -0.15) is 0 Å². The molecule has 0 heterocycles. The Bertz CT molecular complexity index is 409. The highest BCUT2D eigenvalue weighted by Gasteiger charge is 2.20. The number of nitrogens with one attached hydrogen (secondary N) is 1. The predicted octanol–water partition coefficient (Wildman–Crippen LogP) is 3.31. The van der Waals surface area contributed by atoms with Crippen LogP contribution in [0.4, 0.5) is 5.69 Å². The molecule has 17 heavy (non-hydrogen) atoms. The van der Waals surface area contributed by atoms with E-state index in [-0.39, 0.29) is 11.8 Å². The number of benzene rings is 1. The number of carbonyl (C=O) groups is 1. The number of carbonyl (C=O) groups excluding carboxylic acids is 1. The van der Waals surface area contributed by atoms with E-state index < -0.39 is 6.04 Å². The van der Waals surface area contributed by atoms with Crippen molar-refractivity contribution in [1.82, 2.24) is 0 Å². The first kappa shape index (κ1) is 14.3. The van der Waals surface area contributed by atoms with E-state index in [0.29, 0.717) is 15.7 Å². The zero-order valence-corrected chi connectivity index (χ0v) is 11.3. The number of nitrogens with two attached hydrogens (primary N) is 1. The number of hydrogen-bond acceptors (Lipinski definition) is 2. The Morgan fingerprint density at radius 1 is 1.47 bits per heavy atom. The summed E-state index contributed by atoms with van der Waals surface area (Å²) in [5.74, 6) is -0.128. The van der Waals surface area contributed by atoms with Crippen molar-refractivity contribution in [2.75, 3.05) is 5.32 Å². The Morgan fingerprint density at radius 2 is 2.12 bits per heavy atom. The van der Waals surface area contributed by atoms with Crippen molar-refractivity contribution in [1.29, 1.82) is 0 Å². The standard InChI is InChI=1S/C12H16Cl2N2O/c1-3-7(2)11(15)12(17)16-9-6-4-5-8(13)10(9)14/h4-7,11H,3,15H2,1-2H3,(H,16,17)/t7-,11-/m0/s1. The van der Waals surface area contributed by atoms with Crippen LogP contribution in [0.5, 0.6) is 0 Å². The Kier molecular flexibility index (Phi) is 5.25. The van der Waals surface area contributed by atoms with E-state index in [1.807, 2.05) is 13.8 Å². The SMILES string of the molecule is CC[C@H](C)[C@H](N)C(=O)Nc1cccc(Cl)c1Cl. The molecular weight excluding hydrogens is 259 g/mol. The van der Waals surface area contributed by atoms with Gasteiger partial charge in [0.1, 0.15) is 0 Å². The summed E-state index contributed by atoms with van der Waals surface area (Å²) >= 11 is 11.8. The maximum absolute atomic E-state index is 11.8. The van der Waals surface area contributed by atoms with Crippen LogP contribution in [0.1, 0.15) is 20.3 Å². The van der Waals surface area contributed by atoms with Gasteiger partial charge < -0.3 is 11.1 Å². The molecule has 0 radical (unpaired) electrons. The van der Waals surface area contributed by atoms with Crippen molar-refractivity contribution in [2.24, 2.45) is 11.7 Å². The lowest BCUT2D eigenvalue weighted by Gasteiger charge is -2.18. The molecule has 0 fully saturated rings. The number of amides is 1. The van der Waals surface area contributed by atoms with Gasteiger partial charge in [0.2, 0.25) is 5.91 Å². The first-order valence-corrected chi connectivity index (χ1v) is 6.23. The van der Waals surface area contributed by atoms with Crippen molar-refractivity contribution in [3.8, 4) is 0 Å². The van der Waals surface area contributed by atoms with Crippen LogP contribution >= 0.6 is 23.2 Å². The molecule has 3 N–H and O–H groups in total. The van der Waals surface area contributed by atoms with Crippen molar-refractivity contribution in [2.45, 2.75) is 26.3 Å². The Morgan fingerprint density at radius 3 is 2.71 bits per heavy atom. The van der Waals surface area contributed by atoms with Crippen molar-refractivity contribution >= 4 is 34.8 Å². The molecule has 3 nitrogen and oxygen atoms in total. The van der Waals surface area contributed by atoms with Crippen LogP contribution < -0.4 is 11.1 Å². The number of hydrogen-bond donors (Lipinski definition) is 2. The van der Waals surface area contributed by atoms with Gasteiger partial charge in [0, 0.05) is 0 Å². The van der Waals surface area contributed by atoms with Crippen LogP contribution in [-0.2, 0) is 4.79 Å². The van der Waals surface area contributed by atoms with Crippen molar-refractivity contribution < 1.29 is 4.79 Å². The van der Waals surface area contributed by atoms with Crippen LogP contribution in [-0.4, -0.2) is 11.9 Å². The zero-order valence-electron chi connectivity index (χ0n) is 9.84. The van der Waals surface area contributed by atoms with Gasteiger partial charge in [-0.05, 0) is 18.1 Å². The molecule has 0 aliphatic carbocycles. The van der Waals surface area contributed by atoms with Gasteiger partial charge in [-0.3, -0.25) is 4.79 Å². The zero-order chi connectivity index (χ0) is 13.0. The second-order valence-electron chi connectivity index (χ2n) is 4.00. The number of rotatable bonds is 4. The fourth-order valence-corrected chi connectivity index (χ4v) is 1.68. The van der Waals surface area contributed by atoms with Gasteiger partial charge >= 0.3 is 0 Å². The molecule has 0 aliphatic heterocycles. The molecule has 0 aliphatic rings. The van der Waals surface area contributed by atoms with Gasteiger partial charge in [-0.15, -0.1) is 0 Å². The van der Waals surface area contributed by atoms with Crippen LogP contribution in [0.15, 0.2) is 18.2 Å². The van der Waals surface area contributed by atoms with Gasteiger partial charge in [0.15, 0.2) is 0 Å². The van der Waals surface area contributed by atoms with Crippen LogP contribution in [0.2, 0.25) is 10.0 Å². The van der Waals surface area contributed by atoms with E-state index in [1.54, 1.807) is 18.2 Å². The first-order chi connectivity index (χ1) is 7.97. The second-order valence-corrected chi connectivity index (χ2v) is 4.79. The summed E-state index contributed by atoms with van der Waals surface area (Å²) in [6.45, 7) is 3.92. The fourth-order valence-electron chi connectivity index (χ4n) is 1.33. The van der Waals surface area contributed by atoms with Gasteiger partial charge in [-0.25, -0.2) is 0 Å². The summed E-state index contributed by atoms with van der Waals surface area (Å²) < 4.78 is 0. The lowest BCUT2D eigenvalue weighted by Crippen LogP contribution is -2.40. The third-order valence-electron chi connectivity index (χ3n) is 2.77. The molecule has 0 aromatic heterocycles. The largest absolute Gasteiger partial charge is 0.323 e. The van der Waals surface area contributed by atoms with E-state index in [1.165, 1.54) is 0 Å². The number of halogens is 2. The molecule has 1 aromatic carbocycles. The molecule has 94 valence electrons. The fraction of sp³-hybridized carbons (Fsp3) is 0.417. The number of anilines is 1. The molecule has 2 atom stereocenters. The molecule has 0 saturated carbocycles. The summed E-state index contributed by atoms with van der Waals surface area (Å²) in [6, 6.07) is 4.53. The third-order valence-corrected chi connectivity index (χ3v) is 3.59. The molecule has 1 amide bonds. The lowest BCUT2D eigenvalue weighted by molar-refractivity contribution is -0.118. The highest BCUT2D eigenvalue weighted by molar-refractivity contribution is 6.44. The summed E-state index contributed by atoms with van der Waals surface area (Å²) in [7, 11) is 0. The van der Waals surface area contributed by atoms with Gasteiger partial charge in [-0.1, -0.05) is 49.5 Å². The predicted molar refractivity (Wildman–Crippen MR) is 72.5 cm³/mol. The maximum atomic E-state index is 11.8. The average Bonchev–Trinajstić information content (AvgIpc) is 2.32. The summed E-state index contributed by atoms with van der Waals surface area (Å²) in [4.78, 5) is 11.8. The van der Waals surface area contributed by atoms with E-state index >= 15 is 0 Å². The normalized spacial score (nSPS) is 14.2. The molecule has 1 aromatic rings. The molecule has 0 spiro atoms. The van der Waals surface area contributed by atoms with E-state index in [2.05, 4.69) is 5.32 Å². The third kappa shape index (κ3) is 3.60. The van der Waals surface area contributed by atoms with E-state index in [0.717, 1.165) is 6.42 Å². The first-order valence-electron chi connectivity index (χ1n) is 5.47. The lowest BCUT2D eigenvalue weighted by atomic mass is 9.99. The molecule has 5 heteroatoms. The van der Waals surface area contributed by atoms with Gasteiger partial charge in [0.05, 0.1) is 21.8 Å². The monoisotopic (exact) mass is 274 g/mol. The molecule has 0 saturated heterocycles. The minimum Gasteiger partial charge on any atom is -0.323 e. The maximum Gasteiger partial charge on any atom is 0.241 e. The summed E-state index contributed by atoms with van der Waals surface area (Å²) in [6.07, 6.45) is 0.845. The summed E-state index contributed by atoms with van der Waals surface area (Å²) in [5, 5.41) is 3.42. The van der Waals surface area contributed by atoms with Crippen LogP contribution in [0.25, 0.3) is 0 Å². The smallest absolute Gasteiger partial charge is 0.241 e. The quantitative estimate of drug-likeness (QED) is 0.885. The topological polar surface area (TPSA) is 55.1 Å². The molecule has 0 unspecified atom stereocenters. The Balaban J connectivity index is 2.78. The van der Waals surface area contributed by atoms with E-state index in [4.69, 9.17) is 28.9 Å². The molecule has 0 bridgehead atoms. The second kappa shape index (κ2) is 6.24. The Labute approximate surface area is 111 Å². The minimum atomic E-state index is -0.546. The highest BCUT2D eigenvalue weighted by atomic mass is 35.5. The van der Waals surface area contributed by atoms with Crippen LogP contribution in [0, 0.1) is 5.92 Å². The van der Waals surface area contributed by atoms with E-state index in [9.17, 15) is 4.79 Å². The minimum absolute atomic E-state index is 0.118. The Hall–Kier alpha value is -0.770. The average molecular weight is 275 g/mol. The van der Waals surface area contributed by atoms with Crippen molar-refractivity contribution in [3.63, 3.8) is 0 Å². The summed E-state index contributed by atoms with van der Waals surface area (Å²) in [5.41, 5.74) is 6.31. The molecule has 1 rings (SSSR count). The molecular formula is C12H16Cl2N2O. The van der Waals surface area contributed by atoms with Gasteiger partial charge in [0.25, 0.3) is 0 Å². The van der Waals surface area contributed by atoms with Crippen molar-refractivity contribution in [3.05, 3.63) is 28.2 Å².